The maximum Gasteiger partial charge on any atom is 0.0210 e. The van der Waals surface area contributed by atoms with Crippen LogP contribution in [0.2, 0.25) is 0 Å². The number of benzene rings is 5. The highest BCUT2D eigenvalue weighted by Crippen LogP contribution is 2.44. The molecule has 0 aromatic heterocycles. The van der Waals surface area contributed by atoms with Crippen molar-refractivity contribution in [3.63, 3.8) is 0 Å². The molecule has 0 N–H and O–H groups in total. The lowest BCUT2D eigenvalue weighted by Crippen LogP contribution is -2.04. The third-order valence-corrected chi connectivity index (χ3v) is 12.9. The van der Waals surface area contributed by atoms with Crippen molar-refractivity contribution in [3.8, 4) is 33.4 Å². The summed E-state index contributed by atoms with van der Waals surface area (Å²) in [6, 6.07) is 41.0. The van der Waals surface area contributed by atoms with Gasteiger partial charge in [0.1, 0.15) is 0 Å². The topological polar surface area (TPSA) is 0 Å². The monoisotopic (exact) mass is 955 g/mol. The molecule has 0 aliphatic heterocycles. The second-order valence-electron chi connectivity index (χ2n) is 16.8. The van der Waals surface area contributed by atoms with Crippen molar-refractivity contribution in [1.82, 2.24) is 0 Å². The van der Waals surface area contributed by atoms with Crippen LogP contribution in [-0.4, -0.2) is 0 Å². The first kappa shape index (κ1) is 63.0. The zero-order valence-electron chi connectivity index (χ0n) is 41.4. The summed E-state index contributed by atoms with van der Waals surface area (Å²) >= 11 is 0. The van der Waals surface area contributed by atoms with Crippen LogP contribution in [0.15, 0.2) is 242 Å². The molecule has 0 heteroatoms. The minimum atomic E-state index is 0. The van der Waals surface area contributed by atoms with Gasteiger partial charge in [-0.2, -0.15) is 0 Å². The molecule has 4 aliphatic carbocycles. The molecule has 5 aromatic rings. The average molecular weight is 956 g/mol. The van der Waals surface area contributed by atoms with E-state index in [0.717, 1.165) is 24.8 Å². The predicted octanol–water partition coefficient (Wildman–Crippen LogP) is 22.5. The van der Waals surface area contributed by atoms with Gasteiger partial charge in [-0.15, -0.1) is 13.2 Å². The van der Waals surface area contributed by atoms with E-state index < -0.39 is 0 Å². The zero-order valence-corrected chi connectivity index (χ0v) is 41.4. The van der Waals surface area contributed by atoms with Crippen molar-refractivity contribution in [1.29, 1.82) is 0 Å². The van der Waals surface area contributed by atoms with Gasteiger partial charge in [-0.3, -0.25) is 0 Å². The summed E-state index contributed by atoms with van der Waals surface area (Å²) in [5.41, 5.74) is 24.3. The minimum Gasteiger partial charge on any atom is -0.106 e. The highest BCUT2D eigenvalue weighted by atomic mass is 14.3. The van der Waals surface area contributed by atoms with E-state index in [4.69, 9.17) is 0 Å². The SMILES string of the molecule is C.C.C.C.C.C=C.C=C1/C=C\C(c2ccc3c(c2)Cc2ccccc2-c2cc(-c4ccc(C5=CC(c6ccccc6)C=CC=C5)c(C)c4)ccc2-3)=C/C(C)C(/C=C\CC)=C(/C)C2=C1CC=CC=C2.CC.CC. The predicted molar refractivity (Wildman–Crippen MR) is 331 cm³/mol. The highest BCUT2D eigenvalue weighted by Gasteiger charge is 2.22. The molecule has 0 fully saturated rings. The average Bonchev–Trinajstić information content (AvgIpc) is 3.84. The number of allylic oxidation sites excluding steroid dienone is 21. The summed E-state index contributed by atoms with van der Waals surface area (Å²) in [5, 5.41) is 0. The van der Waals surface area contributed by atoms with E-state index in [-0.39, 0.29) is 49.0 Å². The summed E-state index contributed by atoms with van der Waals surface area (Å²) in [6.45, 7) is 27.7. The van der Waals surface area contributed by atoms with Gasteiger partial charge in [-0.1, -0.05) is 273 Å². The Hall–Kier alpha value is -7.02. The highest BCUT2D eigenvalue weighted by molar-refractivity contribution is 5.92. The van der Waals surface area contributed by atoms with Gasteiger partial charge in [-0.05, 0) is 145 Å². The Morgan fingerprint density at radius 2 is 1.19 bits per heavy atom. The van der Waals surface area contributed by atoms with Gasteiger partial charge >= 0.3 is 0 Å². The first-order valence-electron chi connectivity index (χ1n) is 24.5. The summed E-state index contributed by atoms with van der Waals surface area (Å²) in [6.07, 6.45) is 34.5. The van der Waals surface area contributed by atoms with Gasteiger partial charge in [0, 0.05) is 11.8 Å². The van der Waals surface area contributed by atoms with Crippen molar-refractivity contribution >= 4 is 11.1 Å². The molecule has 0 spiro atoms. The van der Waals surface area contributed by atoms with E-state index in [1.54, 1.807) is 0 Å². The summed E-state index contributed by atoms with van der Waals surface area (Å²) < 4.78 is 0. The first-order chi connectivity index (χ1) is 32.9. The zero-order chi connectivity index (χ0) is 47.9. The third-order valence-electron chi connectivity index (χ3n) is 12.9. The summed E-state index contributed by atoms with van der Waals surface area (Å²) in [4.78, 5) is 0. The van der Waals surface area contributed by atoms with E-state index in [9.17, 15) is 0 Å². The molecular weight excluding hydrogens is 865 g/mol. The normalized spacial score (nSPS) is 18.0. The van der Waals surface area contributed by atoms with Gasteiger partial charge in [0.05, 0.1) is 0 Å². The van der Waals surface area contributed by atoms with Crippen molar-refractivity contribution < 1.29 is 0 Å². The van der Waals surface area contributed by atoms with Gasteiger partial charge in [0.25, 0.3) is 0 Å². The molecule has 0 saturated carbocycles. The molecule has 2 unspecified atom stereocenters. The molecule has 0 amide bonds. The third kappa shape index (κ3) is 14.1. The lowest BCUT2D eigenvalue weighted by Gasteiger charge is -2.21. The molecule has 0 nitrogen and oxygen atoms in total. The van der Waals surface area contributed by atoms with Crippen molar-refractivity contribution in [2.75, 3.05) is 0 Å². The Morgan fingerprint density at radius 3 is 1.90 bits per heavy atom. The van der Waals surface area contributed by atoms with Gasteiger partial charge in [0.15, 0.2) is 0 Å². The fourth-order valence-corrected chi connectivity index (χ4v) is 9.58. The van der Waals surface area contributed by atoms with Crippen LogP contribution in [-0.2, 0) is 6.42 Å². The Balaban J connectivity index is 0.00000227. The maximum atomic E-state index is 4.60. The summed E-state index contributed by atoms with van der Waals surface area (Å²) in [7, 11) is 0. The number of aryl methyl sites for hydroxylation is 1. The fraction of sp³-hybridized carbons (Fsp3) is 0.250. The van der Waals surface area contributed by atoms with Crippen LogP contribution in [0.1, 0.15) is 138 Å². The van der Waals surface area contributed by atoms with E-state index in [2.05, 4.69) is 242 Å². The van der Waals surface area contributed by atoms with Crippen LogP contribution in [0.3, 0.4) is 0 Å². The second-order valence-corrected chi connectivity index (χ2v) is 16.8. The summed E-state index contributed by atoms with van der Waals surface area (Å²) in [5.74, 6) is 0.453. The second kappa shape index (κ2) is 30.7. The molecule has 72 heavy (non-hydrogen) atoms. The van der Waals surface area contributed by atoms with Crippen molar-refractivity contribution in [3.05, 3.63) is 275 Å². The van der Waals surface area contributed by atoms with Crippen LogP contribution >= 0.6 is 0 Å². The van der Waals surface area contributed by atoms with Gasteiger partial charge in [-0.25, -0.2) is 0 Å². The quantitative estimate of drug-likeness (QED) is 0.146. The molecule has 4 aliphatic rings. The van der Waals surface area contributed by atoms with Crippen LogP contribution in [0, 0.1) is 12.8 Å². The molecule has 5 aromatic carbocycles. The number of fused-ring (bicyclic) bond motifs is 5. The number of hydrogen-bond donors (Lipinski definition) is 0. The van der Waals surface area contributed by atoms with E-state index in [1.807, 2.05) is 27.7 Å². The Bertz CT molecular complexity index is 2880. The Labute approximate surface area is 441 Å². The molecule has 378 valence electrons. The van der Waals surface area contributed by atoms with Gasteiger partial charge < -0.3 is 0 Å². The molecule has 0 bridgehead atoms. The molecule has 0 heterocycles. The van der Waals surface area contributed by atoms with Crippen molar-refractivity contribution in [2.24, 2.45) is 5.92 Å². The fourth-order valence-electron chi connectivity index (χ4n) is 9.58. The molecule has 2 atom stereocenters. The molecule has 9 rings (SSSR count). The molecule has 0 radical (unpaired) electrons. The lowest BCUT2D eigenvalue weighted by atomic mass is 9.84. The van der Waals surface area contributed by atoms with Crippen LogP contribution < -0.4 is 0 Å². The molecule has 0 saturated heterocycles. The molecular formula is C72H90. The minimum absolute atomic E-state index is 0. The standard InChI is InChI=1S/C61H54.2C2H6.C2H4.5CH4/c1-6-7-23-54-42(3)35-47(28-27-41(2)56-24-12-9-13-25-57(56)44(54)5)49-30-33-59-53(38-49)39-52-22-16-17-26-58(52)61-40-50(31-34-60(59)61)48-29-32-55(43(4)36-48)51-21-15-14-20-46(37-51)45-18-10-8-11-19-45;3*1-2;;;;;/h7-23,25-38,40,42,46H,2,6,24,39H2,1,3-5H3;2*1-2H3;1-2H2;5*1H4/b23-7-,28-27-,47-35+,54-44-;;;;;;;;. The van der Waals surface area contributed by atoms with E-state index in [1.165, 1.54) is 100 Å². The number of rotatable bonds is 6. The van der Waals surface area contributed by atoms with E-state index >= 15 is 0 Å². The largest absolute Gasteiger partial charge is 0.106 e. The van der Waals surface area contributed by atoms with Crippen molar-refractivity contribution in [2.45, 2.75) is 118 Å². The van der Waals surface area contributed by atoms with Gasteiger partial charge in [0.2, 0.25) is 0 Å². The van der Waals surface area contributed by atoms with Crippen LogP contribution in [0.25, 0.3) is 44.5 Å². The Kier molecular flexibility index (Phi) is 26.8. The van der Waals surface area contributed by atoms with E-state index in [0.29, 0.717) is 0 Å². The van der Waals surface area contributed by atoms with Crippen LogP contribution in [0.4, 0.5) is 0 Å². The smallest absolute Gasteiger partial charge is 0.0210 e. The maximum absolute atomic E-state index is 4.60. The van der Waals surface area contributed by atoms with Crippen LogP contribution in [0.5, 0.6) is 0 Å². The lowest BCUT2D eigenvalue weighted by molar-refractivity contribution is 0.876. The Morgan fingerprint density at radius 1 is 0.569 bits per heavy atom. The first-order valence-corrected chi connectivity index (χ1v) is 24.5. The number of hydrogen-bond acceptors (Lipinski definition) is 0.